The minimum atomic E-state index is -0.621. The van der Waals surface area contributed by atoms with Crippen molar-refractivity contribution in [2.24, 2.45) is 0 Å². The van der Waals surface area contributed by atoms with E-state index in [2.05, 4.69) is 30.5 Å². The molecule has 178 valence electrons. The number of carbonyl (C=O) groups is 1. The highest BCUT2D eigenvalue weighted by Gasteiger charge is 2.28. The van der Waals surface area contributed by atoms with Crippen LogP contribution in [0.15, 0.2) is 59.4 Å². The average Bonchev–Trinajstić information content (AvgIpc) is 3.26. The van der Waals surface area contributed by atoms with Gasteiger partial charge in [0.2, 0.25) is 11.0 Å². The third-order valence-electron chi connectivity index (χ3n) is 5.74. The summed E-state index contributed by atoms with van der Waals surface area (Å²) in [5.41, 5.74) is 9.77. The predicted molar refractivity (Wildman–Crippen MR) is 128 cm³/mol. The topological polar surface area (TPSA) is 146 Å². The third-order valence-corrected chi connectivity index (χ3v) is 6.63. The van der Waals surface area contributed by atoms with Crippen molar-refractivity contribution in [2.45, 2.75) is 43.3 Å². The van der Waals surface area contributed by atoms with Crippen LogP contribution in [0.2, 0.25) is 0 Å². The zero-order chi connectivity index (χ0) is 23.8. The van der Waals surface area contributed by atoms with Crippen molar-refractivity contribution in [1.29, 1.82) is 0 Å². The van der Waals surface area contributed by atoms with Gasteiger partial charge in [0, 0.05) is 36.3 Å². The Morgan fingerprint density at radius 2 is 2.14 bits per heavy atom. The van der Waals surface area contributed by atoms with Gasteiger partial charge in [-0.25, -0.2) is 15.0 Å². The molecule has 35 heavy (non-hydrogen) atoms. The Hall–Kier alpha value is -4.06. The normalized spacial score (nSPS) is 17.1. The molecule has 11 nitrogen and oxygen atoms in total. The molecule has 1 unspecified atom stereocenters. The Kier molecular flexibility index (Phi) is 5.49. The minimum absolute atomic E-state index is 0.00229. The van der Waals surface area contributed by atoms with Crippen molar-refractivity contribution >= 4 is 34.7 Å². The standard InChI is InChI=1S/C23H22N8O3S/c24-20-19-21(26-12-25-20)31(10-8-17(32)28-13-5-6-13)23(29-19)35-18-11-33-22(34-18)15-4-2-1-3-14(15)16-7-9-27-30-16/h1-4,7,9,11-13,22H,5-6,8,10H2,(H,27,30)(H,28,32)(H2,24,25,26). The van der Waals surface area contributed by atoms with Crippen LogP contribution in [0.4, 0.5) is 5.82 Å². The minimum Gasteiger partial charge on any atom is -0.454 e. The second-order valence-corrected chi connectivity index (χ2v) is 9.22. The molecule has 1 atom stereocenters. The van der Waals surface area contributed by atoms with Gasteiger partial charge in [0.25, 0.3) is 6.29 Å². The van der Waals surface area contributed by atoms with Gasteiger partial charge in [-0.05, 0) is 30.7 Å². The predicted octanol–water partition coefficient (Wildman–Crippen LogP) is 3.10. The number of hydrogen-bond acceptors (Lipinski definition) is 9. The van der Waals surface area contributed by atoms with Crippen molar-refractivity contribution in [3.63, 3.8) is 0 Å². The summed E-state index contributed by atoms with van der Waals surface area (Å²) in [4.78, 5) is 25.3. The largest absolute Gasteiger partial charge is 0.454 e. The number of fused-ring (bicyclic) bond motifs is 1. The van der Waals surface area contributed by atoms with Crippen molar-refractivity contribution < 1.29 is 14.3 Å². The number of benzene rings is 1. The number of aromatic amines is 1. The maximum atomic E-state index is 12.3. The number of nitrogen functional groups attached to an aromatic ring is 1. The maximum Gasteiger partial charge on any atom is 0.268 e. The summed E-state index contributed by atoms with van der Waals surface area (Å²) >= 11 is 1.28. The molecule has 4 heterocycles. The number of nitrogens with two attached hydrogens (primary N) is 1. The van der Waals surface area contributed by atoms with Crippen LogP contribution in [-0.4, -0.2) is 41.7 Å². The number of thioether (sulfide) groups is 1. The van der Waals surface area contributed by atoms with Crippen LogP contribution in [0.3, 0.4) is 0 Å². The van der Waals surface area contributed by atoms with Gasteiger partial charge < -0.3 is 25.1 Å². The molecule has 4 aromatic rings. The van der Waals surface area contributed by atoms with E-state index in [0.717, 1.165) is 29.7 Å². The zero-order valence-electron chi connectivity index (χ0n) is 18.5. The van der Waals surface area contributed by atoms with Crippen LogP contribution in [0.25, 0.3) is 22.4 Å². The Morgan fingerprint density at radius 1 is 1.26 bits per heavy atom. The molecule has 1 aliphatic heterocycles. The summed E-state index contributed by atoms with van der Waals surface area (Å²) in [6, 6.07) is 10.0. The lowest BCUT2D eigenvalue weighted by molar-refractivity contribution is -0.121. The summed E-state index contributed by atoms with van der Waals surface area (Å²) in [5.74, 6) is 0.282. The van der Waals surface area contributed by atoms with E-state index in [1.165, 1.54) is 18.1 Å². The van der Waals surface area contributed by atoms with E-state index >= 15 is 0 Å². The molecule has 1 fully saturated rings. The number of H-pyrrole nitrogens is 1. The Balaban J connectivity index is 1.22. The molecule has 1 aromatic carbocycles. The molecule has 12 heteroatoms. The number of hydrogen-bond donors (Lipinski definition) is 3. The van der Waals surface area contributed by atoms with Crippen LogP contribution >= 0.6 is 11.8 Å². The zero-order valence-corrected chi connectivity index (χ0v) is 19.4. The SMILES string of the molecule is Nc1ncnc2c1nc(SC1=COC(c3ccccc3-c3ccn[nH]3)O1)n2CCC(=O)NC1CC1. The first-order valence-electron chi connectivity index (χ1n) is 11.2. The van der Waals surface area contributed by atoms with E-state index in [0.29, 0.717) is 40.4 Å². The first kappa shape index (κ1) is 21.5. The van der Waals surface area contributed by atoms with E-state index in [4.69, 9.17) is 15.2 Å². The number of anilines is 1. The molecule has 0 spiro atoms. The van der Waals surface area contributed by atoms with Gasteiger partial charge in [-0.2, -0.15) is 5.10 Å². The number of rotatable bonds is 8. The van der Waals surface area contributed by atoms with E-state index < -0.39 is 6.29 Å². The fourth-order valence-corrected chi connectivity index (χ4v) is 4.71. The second kappa shape index (κ2) is 8.95. The summed E-state index contributed by atoms with van der Waals surface area (Å²) in [6.07, 6.45) is 6.43. The van der Waals surface area contributed by atoms with Gasteiger partial charge in [0.05, 0.1) is 5.69 Å². The number of nitrogens with zero attached hydrogens (tertiary/aromatic N) is 5. The molecule has 1 amide bonds. The molecular weight excluding hydrogens is 468 g/mol. The fraction of sp³-hybridized carbons (Fsp3) is 0.261. The highest BCUT2D eigenvalue weighted by molar-refractivity contribution is 8.02. The van der Waals surface area contributed by atoms with Crippen molar-refractivity contribution in [3.8, 4) is 11.3 Å². The number of amides is 1. The molecule has 6 rings (SSSR count). The van der Waals surface area contributed by atoms with Crippen LogP contribution in [0.5, 0.6) is 0 Å². The molecule has 0 bridgehead atoms. The van der Waals surface area contributed by atoms with E-state index in [1.54, 1.807) is 12.5 Å². The number of imidazole rings is 1. The Bertz CT molecular complexity index is 1410. The molecule has 0 saturated heterocycles. The van der Waals surface area contributed by atoms with Crippen molar-refractivity contribution in [2.75, 3.05) is 5.73 Å². The molecule has 1 saturated carbocycles. The lowest BCUT2D eigenvalue weighted by Crippen LogP contribution is -2.26. The van der Waals surface area contributed by atoms with Gasteiger partial charge >= 0.3 is 0 Å². The summed E-state index contributed by atoms with van der Waals surface area (Å²) in [5, 5.41) is 11.1. The number of aromatic nitrogens is 6. The van der Waals surface area contributed by atoms with Crippen LogP contribution in [0, 0.1) is 0 Å². The van der Waals surface area contributed by atoms with Gasteiger partial charge in [0.15, 0.2) is 22.1 Å². The van der Waals surface area contributed by atoms with Gasteiger partial charge in [-0.1, -0.05) is 24.3 Å². The van der Waals surface area contributed by atoms with Crippen LogP contribution in [-0.2, 0) is 20.8 Å². The third kappa shape index (κ3) is 4.39. The molecule has 2 aliphatic rings. The highest BCUT2D eigenvalue weighted by Crippen LogP contribution is 2.40. The first-order chi connectivity index (χ1) is 17.2. The van der Waals surface area contributed by atoms with Crippen molar-refractivity contribution in [1.82, 2.24) is 35.0 Å². The van der Waals surface area contributed by atoms with Gasteiger partial charge in [0.1, 0.15) is 12.6 Å². The Labute approximate surface area is 204 Å². The van der Waals surface area contributed by atoms with Gasteiger partial charge in [-0.3, -0.25) is 9.89 Å². The second-order valence-electron chi connectivity index (χ2n) is 8.25. The quantitative estimate of drug-likeness (QED) is 0.339. The lowest BCUT2D eigenvalue weighted by atomic mass is 10.0. The summed E-state index contributed by atoms with van der Waals surface area (Å²) in [7, 11) is 0. The fourth-order valence-electron chi connectivity index (χ4n) is 3.86. The van der Waals surface area contributed by atoms with E-state index in [9.17, 15) is 4.79 Å². The summed E-state index contributed by atoms with van der Waals surface area (Å²) < 4.78 is 13.8. The van der Waals surface area contributed by atoms with Crippen LogP contribution < -0.4 is 11.1 Å². The average molecular weight is 491 g/mol. The first-order valence-corrected chi connectivity index (χ1v) is 12.0. The smallest absolute Gasteiger partial charge is 0.268 e. The monoisotopic (exact) mass is 490 g/mol. The molecule has 3 aromatic heterocycles. The molecular formula is C23H22N8O3S. The molecule has 1 aliphatic carbocycles. The number of aryl methyl sites for hydroxylation is 1. The van der Waals surface area contributed by atoms with Crippen molar-refractivity contribution in [3.05, 3.63) is 59.8 Å². The lowest BCUT2D eigenvalue weighted by Gasteiger charge is -2.15. The summed E-state index contributed by atoms with van der Waals surface area (Å²) in [6.45, 7) is 0.397. The van der Waals surface area contributed by atoms with E-state index in [-0.39, 0.29) is 11.7 Å². The molecule has 4 N–H and O–H groups in total. The van der Waals surface area contributed by atoms with E-state index in [1.807, 2.05) is 34.9 Å². The highest BCUT2D eigenvalue weighted by atomic mass is 32.2. The molecule has 0 radical (unpaired) electrons. The number of nitrogens with one attached hydrogen (secondary N) is 2. The maximum absolute atomic E-state index is 12.3. The Morgan fingerprint density at radius 3 is 2.97 bits per heavy atom. The van der Waals surface area contributed by atoms with Gasteiger partial charge in [-0.15, -0.1) is 0 Å². The number of carbonyl (C=O) groups excluding carboxylic acids is 1. The number of ether oxygens (including phenoxy) is 2. The van der Waals surface area contributed by atoms with Crippen LogP contribution in [0.1, 0.15) is 31.1 Å².